The van der Waals surface area contributed by atoms with Crippen molar-refractivity contribution in [2.45, 2.75) is 155 Å². The molecule has 2 rings (SSSR count). The molecule has 2 saturated heterocycles. The summed E-state index contributed by atoms with van der Waals surface area (Å²) < 4.78 is 5.68. The van der Waals surface area contributed by atoms with Crippen LogP contribution in [0, 0.1) is 29.1 Å². The number of primary amides is 1. The molecule has 0 radical (unpaired) electrons. The van der Waals surface area contributed by atoms with E-state index in [1.165, 1.54) is 13.8 Å². The zero-order valence-corrected chi connectivity index (χ0v) is 37.3. The van der Waals surface area contributed by atoms with Crippen LogP contribution in [-0.4, -0.2) is 132 Å². The molecule has 2 heterocycles. The highest BCUT2D eigenvalue weighted by Gasteiger charge is 2.40. The molecule has 22 heteroatoms. The number of carbonyl (C=O) groups is 9. The molecule has 2 aliphatic rings. The minimum Gasteiger partial charge on any atom is -0.458 e. The van der Waals surface area contributed by atoms with E-state index in [-0.39, 0.29) is 31.1 Å². The molecule has 0 spiro atoms. The van der Waals surface area contributed by atoms with Crippen LogP contribution < -0.4 is 53.6 Å². The van der Waals surface area contributed by atoms with Crippen LogP contribution in [0.1, 0.15) is 101 Å². The maximum absolute atomic E-state index is 13.8. The van der Waals surface area contributed by atoms with Gasteiger partial charge in [0.25, 0.3) is 0 Å². The number of hydrogen-bond donors (Lipinski definition) is 12. The molecule has 2 aliphatic heterocycles. The summed E-state index contributed by atoms with van der Waals surface area (Å²) in [6.45, 7) is 14.1. The van der Waals surface area contributed by atoms with Gasteiger partial charge in [-0.05, 0) is 44.4 Å². The standard InChI is InChI=1S/C40H69N11O11/c1-10-18(4)28(49-37(59)29(19(5)11-2)48-32(54)21(7)13-14-27(41)53)36(58)47-26(17-52)35(57)51-31-23(9)62-39(61)30(20(6)12-3)50-34(56)25(15-24-16-43-40(42)45-24)46-33(55)22(8)44-38(31)60/h18-26,28-31,52H,10-17H2,1-9H3,(H2,41,53)(H,44,60)(H,46,55)(H,47,58)(H,48,54)(H,49,59)(H,50,56)(H,51,57)(H3,42,43,45)/t18-,19-,20-,21+,22-,23-,24-,25-,26-,28-,29+,30-,31+/m0/s1. The van der Waals surface area contributed by atoms with Gasteiger partial charge in [-0.1, -0.05) is 67.7 Å². The topological polar surface area (TPSA) is 341 Å². The molecule has 350 valence electrons. The fourth-order valence-corrected chi connectivity index (χ4v) is 6.64. The van der Waals surface area contributed by atoms with Gasteiger partial charge in [-0.15, -0.1) is 0 Å². The minimum absolute atomic E-state index is 0.0226. The van der Waals surface area contributed by atoms with E-state index in [4.69, 9.17) is 15.9 Å². The average Bonchev–Trinajstić information content (AvgIpc) is 3.65. The lowest BCUT2D eigenvalue weighted by Gasteiger charge is -2.31. The number of amides is 8. The second-order valence-corrected chi connectivity index (χ2v) is 16.5. The first kappa shape index (κ1) is 52.6. The summed E-state index contributed by atoms with van der Waals surface area (Å²) >= 11 is 0. The van der Waals surface area contributed by atoms with Gasteiger partial charge in [0, 0.05) is 24.9 Å². The summed E-state index contributed by atoms with van der Waals surface area (Å²) in [5, 5.41) is 41.8. The number of cyclic esters (lactones) is 1. The maximum atomic E-state index is 13.8. The number of nitrogens with two attached hydrogens (primary N) is 1. The number of esters is 1. The van der Waals surface area contributed by atoms with Crippen molar-refractivity contribution in [3.05, 3.63) is 0 Å². The lowest BCUT2D eigenvalue weighted by Crippen LogP contribution is -2.63. The normalized spacial score (nSPS) is 25.5. The van der Waals surface area contributed by atoms with Crippen molar-refractivity contribution in [2.24, 2.45) is 29.4 Å². The Morgan fingerprint density at radius 1 is 0.790 bits per heavy atom. The second-order valence-electron chi connectivity index (χ2n) is 16.5. The van der Waals surface area contributed by atoms with Gasteiger partial charge in [-0.25, -0.2) is 4.79 Å². The van der Waals surface area contributed by atoms with Gasteiger partial charge in [0.05, 0.1) is 6.61 Å². The van der Waals surface area contributed by atoms with Crippen LogP contribution in [0.2, 0.25) is 0 Å². The van der Waals surface area contributed by atoms with E-state index < -0.39 is 132 Å². The Bertz CT molecular complexity index is 1650. The Kier molecular flexibility index (Phi) is 21.0. The van der Waals surface area contributed by atoms with Crippen LogP contribution >= 0.6 is 0 Å². The van der Waals surface area contributed by atoms with E-state index in [1.807, 2.05) is 6.92 Å². The van der Waals surface area contributed by atoms with Crippen molar-refractivity contribution in [3.63, 3.8) is 0 Å². The van der Waals surface area contributed by atoms with E-state index in [0.29, 0.717) is 25.8 Å². The molecule has 0 aromatic carbocycles. The van der Waals surface area contributed by atoms with Crippen LogP contribution in [0.4, 0.5) is 0 Å². The van der Waals surface area contributed by atoms with Crippen molar-refractivity contribution in [2.75, 3.05) is 13.2 Å². The third-order valence-corrected chi connectivity index (χ3v) is 11.6. The molecule has 2 fully saturated rings. The van der Waals surface area contributed by atoms with E-state index >= 15 is 0 Å². The first-order valence-corrected chi connectivity index (χ1v) is 21.4. The van der Waals surface area contributed by atoms with Gasteiger partial charge in [0.2, 0.25) is 47.3 Å². The van der Waals surface area contributed by atoms with E-state index in [1.54, 1.807) is 41.5 Å². The highest BCUT2D eigenvalue weighted by atomic mass is 16.5. The Morgan fingerprint density at radius 3 is 1.89 bits per heavy atom. The third-order valence-electron chi connectivity index (χ3n) is 11.6. The average molecular weight is 880 g/mol. The van der Waals surface area contributed by atoms with Crippen molar-refractivity contribution < 1.29 is 53.0 Å². The van der Waals surface area contributed by atoms with Gasteiger partial charge >= 0.3 is 5.97 Å². The number of aliphatic hydroxyl groups is 1. The zero-order valence-electron chi connectivity index (χ0n) is 37.3. The van der Waals surface area contributed by atoms with E-state index in [2.05, 4.69) is 47.9 Å². The quantitative estimate of drug-likeness (QED) is 0.0554. The lowest BCUT2D eigenvalue weighted by atomic mass is 9.94. The van der Waals surface area contributed by atoms with Gasteiger partial charge in [-0.2, -0.15) is 0 Å². The molecule has 8 amide bonds. The number of rotatable bonds is 20. The summed E-state index contributed by atoms with van der Waals surface area (Å²) in [5.41, 5.74) is 5.23. The van der Waals surface area contributed by atoms with Gasteiger partial charge in [0.1, 0.15) is 48.4 Å². The summed E-state index contributed by atoms with van der Waals surface area (Å²) in [6.07, 6.45) is 0.00942. The van der Waals surface area contributed by atoms with Crippen LogP contribution in [0.25, 0.3) is 0 Å². The Morgan fingerprint density at radius 2 is 1.37 bits per heavy atom. The smallest absolute Gasteiger partial charge is 0.329 e. The van der Waals surface area contributed by atoms with Crippen LogP contribution in [0.15, 0.2) is 0 Å². The van der Waals surface area contributed by atoms with Gasteiger partial charge in [0.15, 0.2) is 5.96 Å². The van der Waals surface area contributed by atoms with E-state index in [9.17, 15) is 48.3 Å². The van der Waals surface area contributed by atoms with E-state index in [0.717, 1.165) is 0 Å². The molecule has 0 aromatic heterocycles. The van der Waals surface area contributed by atoms with Crippen molar-refractivity contribution in [1.82, 2.24) is 47.9 Å². The molecule has 22 nitrogen and oxygen atoms in total. The SMILES string of the molecule is CC[C@H](C)[C@H](NC(=O)[C@H](NC(=O)[C@H](C)CCC(N)=O)[C@@H](C)CC)C(=O)N[C@@H](CO)C(=O)N[C@H]1C(=O)N[C@@H](C)C(=O)N[C@@H](C[C@H]2CNC(=N)N2)C(=O)N[C@@H]([C@@H](C)CC)C(=O)O[C@H]1C. The molecule has 62 heavy (non-hydrogen) atoms. The number of aliphatic hydroxyl groups excluding tert-OH is 1. The highest BCUT2D eigenvalue weighted by molar-refractivity contribution is 5.98. The van der Waals surface area contributed by atoms with Crippen LogP contribution in [0.5, 0.6) is 0 Å². The summed E-state index contributed by atoms with van der Waals surface area (Å²) in [6, 6.07) is -9.86. The Labute approximate surface area is 362 Å². The Hall–Kier alpha value is -5.54. The molecule has 0 aliphatic carbocycles. The molecule has 0 saturated carbocycles. The van der Waals surface area contributed by atoms with Crippen molar-refractivity contribution >= 4 is 59.2 Å². The summed E-state index contributed by atoms with van der Waals surface area (Å²) in [4.78, 5) is 120. The minimum atomic E-state index is -1.70. The lowest BCUT2D eigenvalue weighted by molar-refractivity contribution is -0.157. The fraction of sp³-hybridized carbons (Fsp3) is 0.750. The molecule has 13 atom stereocenters. The number of carbonyl (C=O) groups excluding carboxylic acids is 9. The first-order valence-electron chi connectivity index (χ1n) is 21.4. The number of guanidine groups is 1. The maximum Gasteiger partial charge on any atom is 0.329 e. The number of hydrogen-bond acceptors (Lipinski definition) is 12. The molecular weight excluding hydrogens is 811 g/mol. The largest absolute Gasteiger partial charge is 0.458 e. The molecule has 0 unspecified atom stereocenters. The van der Waals surface area contributed by atoms with Crippen LogP contribution in [-0.2, 0) is 47.9 Å². The van der Waals surface area contributed by atoms with Crippen LogP contribution in [0.3, 0.4) is 0 Å². The highest BCUT2D eigenvalue weighted by Crippen LogP contribution is 2.17. The third kappa shape index (κ3) is 15.4. The monoisotopic (exact) mass is 880 g/mol. The van der Waals surface area contributed by atoms with Crippen molar-refractivity contribution in [1.29, 1.82) is 5.41 Å². The predicted octanol–water partition coefficient (Wildman–Crippen LogP) is -2.74. The number of ether oxygens (including phenoxy) is 1. The molecular formula is C40H69N11O11. The van der Waals surface area contributed by atoms with Crippen molar-refractivity contribution in [3.8, 4) is 0 Å². The summed E-state index contributed by atoms with van der Waals surface area (Å²) in [7, 11) is 0. The predicted molar refractivity (Wildman–Crippen MR) is 225 cm³/mol. The first-order chi connectivity index (χ1) is 29.1. The van der Waals surface area contributed by atoms with Gasteiger partial charge in [-0.3, -0.25) is 43.8 Å². The summed E-state index contributed by atoms with van der Waals surface area (Å²) in [5.74, 6) is -9.05. The molecule has 13 N–H and O–H groups in total. The fourth-order valence-electron chi connectivity index (χ4n) is 6.64. The second kappa shape index (κ2) is 24.8. The zero-order chi connectivity index (χ0) is 47.0. The number of nitrogens with one attached hydrogen (secondary N) is 10. The van der Waals surface area contributed by atoms with Gasteiger partial charge < -0.3 is 63.4 Å². The molecule has 0 aromatic rings. The molecule has 0 bridgehead atoms. The Balaban J connectivity index is 2.36.